The fourth-order valence-electron chi connectivity index (χ4n) is 1.61. The van der Waals surface area contributed by atoms with Gasteiger partial charge in [-0.05, 0) is 19.4 Å². The molecular formula is C13H13NO2S. The van der Waals surface area contributed by atoms with Gasteiger partial charge in [-0.2, -0.15) is 0 Å². The molecule has 0 aliphatic carbocycles. The lowest BCUT2D eigenvalue weighted by Gasteiger charge is -2.00. The predicted molar refractivity (Wildman–Crippen MR) is 68.4 cm³/mol. The number of benzene rings is 1. The Balaban J connectivity index is 2.49. The Bertz CT molecular complexity index is 560. The van der Waals surface area contributed by atoms with E-state index in [0.717, 1.165) is 21.0 Å². The van der Waals surface area contributed by atoms with E-state index in [1.807, 2.05) is 38.1 Å². The number of esters is 1. The summed E-state index contributed by atoms with van der Waals surface area (Å²) < 4.78 is 4.70. The summed E-state index contributed by atoms with van der Waals surface area (Å²) in [4.78, 5) is 16.7. The molecule has 0 N–H and O–H groups in total. The molecular weight excluding hydrogens is 234 g/mol. The molecule has 0 fully saturated rings. The van der Waals surface area contributed by atoms with Crippen LogP contribution in [0, 0.1) is 13.8 Å². The van der Waals surface area contributed by atoms with E-state index in [1.54, 1.807) is 0 Å². The Kier molecular flexibility index (Phi) is 3.24. The third-order valence-corrected chi connectivity index (χ3v) is 3.55. The van der Waals surface area contributed by atoms with Crippen LogP contribution >= 0.6 is 11.3 Å². The first-order valence-electron chi connectivity index (χ1n) is 5.25. The number of ether oxygens (including phenoxy) is 1. The minimum Gasteiger partial charge on any atom is -0.464 e. The van der Waals surface area contributed by atoms with E-state index in [-0.39, 0.29) is 5.97 Å². The van der Waals surface area contributed by atoms with Gasteiger partial charge in [0, 0.05) is 10.4 Å². The third kappa shape index (κ3) is 2.22. The first kappa shape index (κ1) is 11.8. The van der Waals surface area contributed by atoms with E-state index < -0.39 is 0 Å². The summed E-state index contributed by atoms with van der Waals surface area (Å²) in [5.41, 5.74) is 2.63. The van der Waals surface area contributed by atoms with Crippen LogP contribution in [0.25, 0.3) is 10.6 Å². The van der Waals surface area contributed by atoms with Crippen molar-refractivity contribution in [2.24, 2.45) is 0 Å². The molecule has 0 aliphatic heterocycles. The number of aryl methyl sites for hydroxylation is 2. The Labute approximate surface area is 104 Å². The van der Waals surface area contributed by atoms with Gasteiger partial charge in [-0.25, -0.2) is 9.78 Å². The van der Waals surface area contributed by atoms with Crippen LogP contribution < -0.4 is 0 Å². The Hall–Kier alpha value is -1.68. The smallest absolute Gasteiger partial charge is 0.357 e. The van der Waals surface area contributed by atoms with Gasteiger partial charge < -0.3 is 4.74 Å². The molecule has 1 heterocycles. The molecule has 0 atom stereocenters. The van der Waals surface area contributed by atoms with Gasteiger partial charge in [0.1, 0.15) is 5.01 Å². The van der Waals surface area contributed by atoms with Gasteiger partial charge in [-0.3, -0.25) is 0 Å². The van der Waals surface area contributed by atoms with Crippen LogP contribution in [0.15, 0.2) is 24.3 Å². The highest BCUT2D eigenvalue weighted by Gasteiger charge is 2.17. The lowest BCUT2D eigenvalue weighted by molar-refractivity contribution is 0.0594. The van der Waals surface area contributed by atoms with Crippen LogP contribution in [-0.2, 0) is 4.74 Å². The molecule has 2 aromatic rings. The van der Waals surface area contributed by atoms with Crippen molar-refractivity contribution in [3.05, 3.63) is 40.4 Å². The maximum atomic E-state index is 11.5. The molecule has 0 aliphatic rings. The van der Waals surface area contributed by atoms with Gasteiger partial charge in [-0.1, -0.05) is 24.3 Å². The largest absolute Gasteiger partial charge is 0.464 e. The fourth-order valence-corrected chi connectivity index (χ4v) is 2.60. The van der Waals surface area contributed by atoms with Crippen LogP contribution in [-0.4, -0.2) is 18.1 Å². The highest BCUT2D eigenvalue weighted by Crippen LogP contribution is 2.29. The molecule has 0 unspecified atom stereocenters. The van der Waals surface area contributed by atoms with E-state index in [1.165, 1.54) is 18.4 Å². The summed E-state index contributed by atoms with van der Waals surface area (Å²) in [7, 11) is 1.37. The molecule has 0 saturated carbocycles. The first-order chi connectivity index (χ1) is 8.13. The molecule has 0 bridgehead atoms. The van der Waals surface area contributed by atoms with Crippen molar-refractivity contribution in [1.82, 2.24) is 4.98 Å². The predicted octanol–water partition coefficient (Wildman–Crippen LogP) is 3.21. The van der Waals surface area contributed by atoms with Crippen molar-refractivity contribution in [3.63, 3.8) is 0 Å². The van der Waals surface area contributed by atoms with Gasteiger partial charge in [0.25, 0.3) is 0 Å². The molecule has 0 amide bonds. The molecule has 1 aromatic heterocycles. The van der Waals surface area contributed by atoms with Gasteiger partial charge in [0.05, 0.1) is 7.11 Å². The first-order valence-corrected chi connectivity index (χ1v) is 6.07. The SMILES string of the molecule is COC(=O)c1nc(-c2ccccc2C)sc1C. The maximum absolute atomic E-state index is 11.5. The zero-order valence-corrected chi connectivity index (χ0v) is 10.8. The maximum Gasteiger partial charge on any atom is 0.357 e. The summed E-state index contributed by atoms with van der Waals surface area (Å²) in [5, 5.41) is 0.862. The van der Waals surface area contributed by atoms with Crippen LogP contribution in [0.4, 0.5) is 0 Å². The number of thiazole rings is 1. The van der Waals surface area contributed by atoms with Crippen LogP contribution in [0.1, 0.15) is 20.9 Å². The van der Waals surface area contributed by atoms with Gasteiger partial charge in [0.15, 0.2) is 5.69 Å². The second kappa shape index (κ2) is 4.67. The summed E-state index contributed by atoms with van der Waals surface area (Å²) >= 11 is 1.51. The summed E-state index contributed by atoms with van der Waals surface area (Å²) in [6.45, 7) is 3.91. The highest BCUT2D eigenvalue weighted by atomic mass is 32.1. The average molecular weight is 247 g/mol. The molecule has 88 valence electrons. The number of carbonyl (C=O) groups excluding carboxylic acids is 1. The quantitative estimate of drug-likeness (QED) is 0.765. The van der Waals surface area contributed by atoms with Gasteiger partial charge >= 0.3 is 5.97 Å². The topological polar surface area (TPSA) is 39.2 Å². The van der Waals surface area contributed by atoms with Crippen molar-refractivity contribution in [2.45, 2.75) is 13.8 Å². The summed E-state index contributed by atoms with van der Waals surface area (Å²) in [5.74, 6) is -0.376. The monoisotopic (exact) mass is 247 g/mol. The normalized spacial score (nSPS) is 10.3. The number of methoxy groups -OCH3 is 1. The lowest BCUT2D eigenvalue weighted by Crippen LogP contribution is -2.03. The van der Waals surface area contributed by atoms with Crippen LogP contribution in [0.5, 0.6) is 0 Å². The van der Waals surface area contributed by atoms with E-state index in [4.69, 9.17) is 4.74 Å². The Morgan fingerprint density at radius 1 is 1.29 bits per heavy atom. The number of rotatable bonds is 2. The molecule has 0 spiro atoms. The Morgan fingerprint density at radius 3 is 2.65 bits per heavy atom. The molecule has 17 heavy (non-hydrogen) atoms. The van der Waals surface area contributed by atoms with E-state index in [0.29, 0.717) is 5.69 Å². The second-order valence-corrected chi connectivity index (χ2v) is 4.93. The van der Waals surface area contributed by atoms with Crippen molar-refractivity contribution < 1.29 is 9.53 Å². The number of hydrogen-bond acceptors (Lipinski definition) is 4. The van der Waals surface area contributed by atoms with Crippen molar-refractivity contribution in [1.29, 1.82) is 0 Å². The van der Waals surface area contributed by atoms with Crippen LogP contribution in [0.3, 0.4) is 0 Å². The molecule has 0 saturated heterocycles. The minimum atomic E-state index is -0.376. The van der Waals surface area contributed by atoms with Gasteiger partial charge in [0.2, 0.25) is 0 Å². The zero-order chi connectivity index (χ0) is 12.4. The average Bonchev–Trinajstić information content (AvgIpc) is 2.71. The van der Waals surface area contributed by atoms with Gasteiger partial charge in [-0.15, -0.1) is 11.3 Å². The number of hydrogen-bond donors (Lipinski definition) is 0. The third-order valence-electron chi connectivity index (χ3n) is 2.55. The lowest BCUT2D eigenvalue weighted by atomic mass is 10.1. The minimum absolute atomic E-state index is 0.376. The zero-order valence-electron chi connectivity index (χ0n) is 9.98. The summed E-state index contributed by atoms with van der Waals surface area (Å²) in [6.07, 6.45) is 0. The van der Waals surface area contributed by atoms with Crippen LogP contribution in [0.2, 0.25) is 0 Å². The number of carbonyl (C=O) groups is 1. The number of nitrogens with zero attached hydrogens (tertiary/aromatic N) is 1. The standard InChI is InChI=1S/C13H13NO2S/c1-8-6-4-5-7-10(8)12-14-11(9(2)17-12)13(15)16-3/h4-7H,1-3H3. The second-order valence-electron chi connectivity index (χ2n) is 3.73. The molecule has 0 radical (unpaired) electrons. The molecule has 3 nitrogen and oxygen atoms in total. The van der Waals surface area contributed by atoms with Crippen molar-refractivity contribution in [3.8, 4) is 10.6 Å². The van der Waals surface area contributed by atoms with Crippen molar-refractivity contribution >= 4 is 17.3 Å². The highest BCUT2D eigenvalue weighted by molar-refractivity contribution is 7.15. The number of aromatic nitrogens is 1. The van der Waals surface area contributed by atoms with E-state index in [2.05, 4.69) is 4.98 Å². The molecule has 4 heteroatoms. The Morgan fingerprint density at radius 2 is 2.00 bits per heavy atom. The molecule has 1 aromatic carbocycles. The van der Waals surface area contributed by atoms with E-state index >= 15 is 0 Å². The van der Waals surface area contributed by atoms with E-state index in [9.17, 15) is 4.79 Å². The van der Waals surface area contributed by atoms with Crippen molar-refractivity contribution in [2.75, 3.05) is 7.11 Å². The summed E-state index contributed by atoms with van der Waals surface area (Å²) in [6, 6.07) is 8.00. The molecule has 2 rings (SSSR count). The fraction of sp³-hybridized carbons (Fsp3) is 0.231.